The van der Waals surface area contributed by atoms with E-state index in [2.05, 4.69) is 4.98 Å². The third-order valence-corrected chi connectivity index (χ3v) is 3.96. The molecule has 2 N–H and O–H groups in total. The number of aromatic nitrogens is 2. The molecule has 0 bridgehead atoms. The molecule has 1 aromatic carbocycles. The highest BCUT2D eigenvalue weighted by molar-refractivity contribution is 5.79. The summed E-state index contributed by atoms with van der Waals surface area (Å²) >= 11 is 0. The number of rotatable bonds is 5. The van der Waals surface area contributed by atoms with Gasteiger partial charge in [-0.15, -0.1) is 0 Å². The number of nitrogens with two attached hydrogens (primary N) is 1. The maximum Gasteiger partial charge on any atom is 0.201 e. The fourth-order valence-electron chi connectivity index (χ4n) is 2.86. The number of methoxy groups -OCH3 is 1. The molecule has 1 aliphatic carbocycles. The predicted molar refractivity (Wildman–Crippen MR) is 78.9 cm³/mol. The van der Waals surface area contributed by atoms with Crippen molar-refractivity contribution in [1.82, 2.24) is 9.55 Å². The Hall–Kier alpha value is -1.75. The van der Waals surface area contributed by atoms with Gasteiger partial charge in [-0.05, 0) is 25.0 Å². The van der Waals surface area contributed by atoms with E-state index in [1.54, 1.807) is 7.11 Å². The van der Waals surface area contributed by atoms with E-state index in [4.69, 9.17) is 15.2 Å². The van der Waals surface area contributed by atoms with E-state index in [9.17, 15) is 0 Å². The molecule has 5 nitrogen and oxygen atoms in total. The number of ether oxygens (including phenoxy) is 2. The maximum atomic E-state index is 5.99. The van der Waals surface area contributed by atoms with Crippen LogP contribution in [0, 0.1) is 0 Å². The van der Waals surface area contributed by atoms with Crippen LogP contribution >= 0.6 is 0 Å². The van der Waals surface area contributed by atoms with E-state index in [-0.39, 0.29) is 0 Å². The third kappa shape index (κ3) is 2.58. The monoisotopic (exact) mass is 275 g/mol. The van der Waals surface area contributed by atoms with E-state index in [0.717, 1.165) is 23.3 Å². The Balaban J connectivity index is 1.71. The molecule has 3 rings (SSSR count). The molecule has 0 aliphatic heterocycles. The lowest BCUT2D eigenvalue weighted by Gasteiger charge is -2.12. The number of anilines is 1. The Morgan fingerprint density at radius 3 is 2.90 bits per heavy atom. The molecule has 1 fully saturated rings. The van der Waals surface area contributed by atoms with Gasteiger partial charge in [-0.3, -0.25) is 0 Å². The highest BCUT2D eigenvalue weighted by Gasteiger charge is 2.15. The van der Waals surface area contributed by atoms with Crippen LogP contribution in [0.1, 0.15) is 25.7 Å². The second kappa shape index (κ2) is 5.71. The normalized spacial score (nSPS) is 16.1. The van der Waals surface area contributed by atoms with Gasteiger partial charge in [0.25, 0.3) is 0 Å². The van der Waals surface area contributed by atoms with Crippen LogP contribution in [-0.4, -0.2) is 29.4 Å². The molecule has 0 spiro atoms. The molecule has 2 aromatic rings. The van der Waals surface area contributed by atoms with Crippen molar-refractivity contribution in [2.75, 3.05) is 19.5 Å². The van der Waals surface area contributed by atoms with Crippen molar-refractivity contribution >= 4 is 17.0 Å². The molecule has 0 atom stereocenters. The smallest absolute Gasteiger partial charge is 0.201 e. The van der Waals surface area contributed by atoms with E-state index in [1.165, 1.54) is 25.7 Å². The SMILES string of the molecule is COc1ccc2c(c1)nc(N)n2CCOC1CCCC1. The Labute approximate surface area is 118 Å². The first-order chi connectivity index (χ1) is 9.78. The molecule has 108 valence electrons. The molecule has 1 heterocycles. The lowest BCUT2D eigenvalue weighted by atomic mass is 10.3. The molecular formula is C15H21N3O2. The summed E-state index contributed by atoms with van der Waals surface area (Å²) in [4.78, 5) is 4.38. The second-order valence-corrected chi connectivity index (χ2v) is 5.25. The van der Waals surface area contributed by atoms with Gasteiger partial charge in [0.1, 0.15) is 5.75 Å². The molecule has 1 aliphatic rings. The van der Waals surface area contributed by atoms with Crippen LogP contribution in [0.3, 0.4) is 0 Å². The number of hydrogen-bond acceptors (Lipinski definition) is 4. The molecule has 1 saturated carbocycles. The van der Waals surface area contributed by atoms with Gasteiger partial charge in [-0.1, -0.05) is 12.8 Å². The van der Waals surface area contributed by atoms with Crippen molar-refractivity contribution in [2.45, 2.75) is 38.3 Å². The van der Waals surface area contributed by atoms with Gasteiger partial charge >= 0.3 is 0 Å². The summed E-state index contributed by atoms with van der Waals surface area (Å²) in [5, 5.41) is 0. The Kier molecular flexibility index (Phi) is 3.78. The molecule has 0 unspecified atom stereocenters. The lowest BCUT2D eigenvalue weighted by molar-refractivity contribution is 0.0537. The van der Waals surface area contributed by atoms with Crippen LogP contribution in [0.4, 0.5) is 5.95 Å². The van der Waals surface area contributed by atoms with Gasteiger partial charge in [-0.2, -0.15) is 0 Å². The average Bonchev–Trinajstić information content (AvgIpc) is 3.06. The van der Waals surface area contributed by atoms with Crippen molar-refractivity contribution in [3.63, 3.8) is 0 Å². The van der Waals surface area contributed by atoms with Crippen molar-refractivity contribution < 1.29 is 9.47 Å². The molecule has 0 saturated heterocycles. The van der Waals surface area contributed by atoms with E-state index in [1.807, 2.05) is 22.8 Å². The first-order valence-electron chi connectivity index (χ1n) is 7.19. The predicted octanol–water partition coefficient (Wildman–Crippen LogP) is 2.59. The molecule has 1 aromatic heterocycles. The zero-order chi connectivity index (χ0) is 13.9. The van der Waals surface area contributed by atoms with Crippen LogP contribution in [-0.2, 0) is 11.3 Å². The number of fused-ring (bicyclic) bond motifs is 1. The number of nitrogen functional groups attached to an aromatic ring is 1. The number of benzene rings is 1. The third-order valence-electron chi connectivity index (χ3n) is 3.96. The number of imidazole rings is 1. The zero-order valence-corrected chi connectivity index (χ0v) is 11.8. The van der Waals surface area contributed by atoms with Crippen LogP contribution < -0.4 is 10.5 Å². The highest BCUT2D eigenvalue weighted by Crippen LogP contribution is 2.24. The van der Waals surface area contributed by atoms with Crippen LogP contribution in [0.5, 0.6) is 5.75 Å². The average molecular weight is 275 g/mol. The summed E-state index contributed by atoms with van der Waals surface area (Å²) in [6.07, 6.45) is 5.40. The van der Waals surface area contributed by atoms with Crippen LogP contribution in [0.15, 0.2) is 18.2 Å². The summed E-state index contributed by atoms with van der Waals surface area (Å²) < 4.78 is 13.1. The standard InChI is InChI=1S/C15H21N3O2/c1-19-12-6-7-14-13(10-12)17-15(16)18(14)8-9-20-11-4-2-3-5-11/h6-7,10-11H,2-5,8-9H2,1H3,(H2,16,17). The fourth-order valence-corrected chi connectivity index (χ4v) is 2.86. The molecule has 0 radical (unpaired) electrons. The van der Waals surface area contributed by atoms with E-state index < -0.39 is 0 Å². The Morgan fingerprint density at radius 2 is 2.15 bits per heavy atom. The van der Waals surface area contributed by atoms with Crippen molar-refractivity contribution in [3.8, 4) is 5.75 Å². The maximum absolute atomic E-state index is 5.99. The Bertz CT molecular complexity index is 588. The van der Waals surface area contributed by atoms with Gasteiger partial charge in [0.2, 0.25) is 5.95 Å². The van der Waals surface area contributed by atoms with Crippen LogP contribution in [0.25, 0.3) is 11.0 Å². The number of nitrogens with zero attached hydrogens (tertiary/aromatic N) is 2. The van der Waals surface area contributed by atoms with Gasteiger partial charge in [0.15, 0.2) is 0 Å². The zero-order valence-electron chi connectivity index (χ0n) is 11.8. The summed E-state index contributed by atoms with van der Waals surface area (Å²) in [6.45, 7) is 1.43. The highest BCUT2D eigenvalue weighted by atomic mass is 16.5. The summed E-state index contributed by atoms with van der Waals surface area (Å²) in [6, 6.07) is 5.82. The topological polar surface area (TPSA) is 62.3 Å². The number of hydrogen-bond donors (Lipinski definition) is 1. The van der Waals surface area contributed by atoms with Crippen molar-refractivity contribution in [1.29, 1.82) is 0 Å². The van der Waals surface area contributed by atoms with Crippen molar-refractivity contribution in [2.24, 2.45) is 0 Å². The van der Waals surface area contributed by atoms with Crippen LogP contribution in [0.2, 0.25) is 0 Å². The molecule has 5 heteroatoms. The second-order valence-electron chi connectivity index (χ2n) is 5.25. The minimum absolute atomic E-state index is 0.436. The summed E-state index contributed by atoms with van der Waals surface area (Å²) in [5.41, 5.74) is 7.88. The molecule has 0 amide bonds. The first kappa shape index (κ1) is 13.2. The van der Waals surface area contributed by atoms with Crippen molar-refractivity contribution in [3.05, 3.63) is 18.2 Å². The molecule has 20 heavy (non-hydrogen) atoms. The summed E-state index contributed by atoms with van der Waals surface area (Å²) in [5.74, 6) is 1.33. The fraction of sp³-hybridized carbons (Fsp3) is 0.533. The Morgan fingerprint density at radius 1 is 1.35 bits per heavy atom. The quantitative estimate of drug-likeness (QED) is 0.911. The minimum Gasteiger partial charge on any atom is -0.497 e. The lowest BCUT2D eigenvalue weighted by Crippen LogP contribution is -2.14. The van der Waals surface area contributed by atoms with Gasteiger partial charge < -0.3 is 19.8 Å². The largest absolute Gasteiger partial charge is 0.497 e. The van der Waals surface area contributed by atoms with Gasteiger partial charge in [-0.25, -0.2) is 4.98 Å². The first-order valence-corrected chi connectivity index (χ1v) is 7.19. The van der Waals surface area contributed by atoms with E-state index >= 15 is 0 Å². The van der Waals surface area contributed by atoms with Gasteiger partial charge in [0, 0.05) is 12.6 Å². The molecular weight excluding hydrogens is 254 g/mol. The minimum atomic E-state index is 0.436. The summed E-state index contributed by atoms with van der Waals surface area (Å²) in [7, 11) is 1.65. The van der Waals surface area contributed by atoms with Gasteiger partial charge in [0.05, 0.1) is 30.9 Å². The van der Waals surface area contributed by atoms with E-state index in [0.29, 0.717) is 18.7 Å².